The van der Waals surface area contributed by atoms with Crippen molar-refractivity contribution in [2.45, 2.75) is 0 Å². The molecule has 0 aliphatic carbocycles. The van der Waals surface area contributed by atoms with Gasteiger partial charge in [-0.25, -0.2) is 0 Å². The summed E-state index contributed by atoms with van der Waals surface area (Å²) in [7, 11) is 0. The summed E-state index contributed by atoms with van der Waals surface area (Å²) in [5, 5.41) is 0. The molecule has 0 nitrogen and oxygen atoms in total. The Labute approximate surface area is 143 Å². The van der Waals surface area contributed by atoms with E-state index in [-0.39, 0.29) is 147 Å². The molecular formula is Ir2La3. The molecule has 0 aromatic carbocycles. The quantitative estimate of drug-likeness (QED) is 0.324. The topological polar surface area (TPSA) is 0 Å². The van der Waals surface area contributed by atoms with Crippen molar-refractivity contribution in [1.29, 1.82) is 0 Å². The summed E-state index contributed by atoms with van der Waals surface area (Å²) in [5.74, 6) is 0. The zero-order valence-electron chi connectivity index (χ0n) is 2.40. The van der Waals surface area contributed by atoms with Gasteiger partial charge >= 0.3 is 0 Å². The molecule has 0 bridgehead atoms. The Morgan fingerprint density at radius 1 is 0.400 bits per heavy atom. The van der Waals surface area contributed by atoms with E-state index in [4.69, 9.17) is 0 Å². The molecule has 0 unspecified atom stereocenters. The van der Waals surface area contributed by atoms with Crippen molar-refractivity contribution in [3.8, 4) is 0 Å². The van der Waals surface area contributed by atoms with Crippen LogP contribution in [0.1, 0.15) is 0 Å². The van der Waals surface area contributed by atoms with Gasteiger partial charge in [0.1, 0.15) is 0 Å². The molecule has 0 saturated carbocycles. The molecule has 0 spiro atoms. The Hall–Kier alpha value is 4.88. The van der Waals surface area contributed by atoms with E-state index in [0.29, 0.717) is 0 Å². The van der Waals surface area contributed by atoms with Gasteiger partial charge in [0, 0.05) is 147 Å². The number of rotatable bonds is 0. The maximum absolute atomic E-state index is 0. The Morgan fingerprint density at radius 3 is 0.400 bits per heavy atom. The fourth-order valence-corrected chi connectivity index (χ4v) is 0. The zero-order valence-corrected chi connectivity index (χ0v) is 18.1. The van der Waals surface area contributed by atoms with Gasteiger partial charge < -0.3 is 0 Å². The normalized spacial score (nSPS) is 0. The van der Waals surface area contributed by atoms with Gasteiger partial charge in [0.2, 0.25) is 0 Å². The first-order valence-electron chi connectivity index (χ1n) is 0. The maximum atomic E-state index is 0. The predicted molar refractivity (Wildman–Crippen MR) is 0 cm³/mol. The number of hydrogen-bond acceptors (Lipinski definition) is 0. The minimum absolute atomic E-state index is 0. The summed E-state index contributed by atoms with van der Waals surface area (Å²) >= 11 is 0. The molecule has 0 rings (SSSR count). The smallest absolute Gasteiger partial charge is 0 e. The first-order chi connectivity index (χ1) is 0. The van der Waals surface area contributed by atoms with Crippen LogP contribution in [0, 0.1) is 107 Å². The molecule has 0 aromatic heterocycles. The van der Waals surface area contributed by atoms with Crippen molar-refractivity contribution < 1.29 is 147 Å². The average Bonchev–Trinajstić information content (AvgIpc) is 0. The van der Waals surface area contributed by atoms with Gasteiger partial charge in [-0.05, 0) is 0 Å². The fourth-order valence-electron chi connectivity index (χ4n) is 0. The van der Waals surface area contributed by atoms with Crippen molar-refractivity contribution in [3.63, 3.8) is 0 Å². The van der Waals surface area contributed by atoms with E-state index >= 15 is 0 Å². The van der Waals surface area contributed by atoms with E-state index < -0.39 is 0 Å². The Balaban J connectivity index is 0. The molecule has 0 atom stereocenters. The summed E-state index contributed by atoms with van der Waals surface area (Å²) < 4.78 is 0. The third-order valence-corrected chi connectivity index (χ3v) is 0. The molecule has 5 radical (unpaired) electrons. The molecule has 27 valence electrons. The molecule has 0 saturated heterocycles. The van der Waals surface area contributed by atoms with Gasteiger partial charge in [-0.15, -0.1) is 0 Å². The van der Waals surface area contributed by atoms with Crippen LogP contribution in [0.15, 0.2) is 0 Å². The van der Waals surface area contributed by atoms with Crippen LogP contribution in [0.2, 0.25) is 0 Å². The van der Waals surface area contributed by atoms with Crippen LogP contribution in [0.3, 0.4) is 0 Å². The summed E-state index contributed by atoms with van der Waals surface area (Å²) in [4.78, 5) is 0. The van der Waals surface area contributed by atoms with Gasteiger partial charge in [-0.3, -0.25) is 0 Å². The average molecular weight is 801 g/mol. The van der Waals surface area contributed by atoms with Gasteiger partial charge in [-0.1, -0.05) is 0 Å². The van der Waals surface area contributed by atoms with Crippen LogP contribution in [0.5, 0.6) is 0 Å². The van der Waals surface area contributed by atoms with E-state index in [1.165, 1.54) is 0 Å². The first kappa shape index (κ1) is 32.7. The van der Waals surface area contributed by atoms with Crippen LogP contribution in [0.4, 0.5) is 0 Å². The van der Waals surface area contributed by atoms with E-state index in [0.717, 1.165) is 0 Å². The second-order valence-electron chi connectivity index (χ2n) is 0. The van der Waals surface area contributed by atoms with Crippen LogP contribution in [0.25, 0.3) is 0 Å². The molecule has 0 aliphatic rings. The Bertz CT molecular complexity index is 4.85. The molecular weight excluding hydrogens is 801 g/mol. The monoisotopic (exact) mass is 803 g/mol. The van der Waals surface area contributed by atoms with E-state index in [9.17, 15) is 0 Å². The third kappa shape index (κ3) is 17.6. The van der Waals surface area contributed by atoms with Crippen LogP contribution in [-0.4, -0.2) is 0 Å². The van der Waals surface area contributed by atoms with Gasteiger partial charge in [0.05, 0.1) is 0 Å². The first-order valence-corrected chi connectivity index (χ1v) is 0. The molecule has 5 heavy (non-hydrogen) atoms. The van der Waals surface area contributed by atoms with Crippen molar-refractivity contribution >= 4 is 0 Å². The molecule has 5 heteroatoms. The van der Waals surface area contributed by atoms with E-state index in [2.05, 4.69) is 0 Å². The summed E-state index contributed by atoms with van der Waals surface area (Å²) in [6, 6.07) is 0. The Morgan fingerprint density at radius 2 is 0.400 bits per heavy atom. The van der Waals surface area contributed by atoms with Gasteiger partial charge in [-0.2, -0.15) is 0 Å². The molecule has 0 aliphatic heterocycles. The van der Waals surface area contributed by atoms with Crippen molar-refractivity contribution in [1.82, 2.24) is 0 Å². The SMILES string of the molecule is [Ir].[Ir].[La].[La].[La]. The van der Waals surface area contributed by atoms with Gasteiger partial charge in [0.25, 0.3) is 0 Å². The molecule has 0 amide bonds. The minimum atomic E-state index is 0. The van der Waals surface area contributed by atoms with Crippen LogP contribution < -0.4 is 0 Å². The third-order valence-electron chi connectivity index (χ3n) is 0. The van der Waals surface area contributed by atoms with E-state index in [1.54, 1.807) is 0 Å². The Kier molecular flexibility index (Phi) is 151. The fraction of sp³-hybridized carbons (Fsp3) is 0. The second kappa shape index (κ2) is 23.2. The molecule has 0 heterocycles. The summed E-state index contributed by atoms with van der Waals surface area (Å²) in [6.45, 7) is 0. The van der Waals surface area contributed by atoms with Crippen molar-refractivity contribution in [2.24, 2.45) is 0 Å². The summed E-state index contributed by atoms with van der Waals surface area (Å²) in [5.41, 5.74) is 0. The maximum Gasteiger partial charge on any atom is 0 e. The van der Waals surface area contributed by atoms with Crippen LogP contribution in [-0.2, 0) is 40.2 Å². The largest absolute Gasteiger partial charge is 0 e. The molecule has 0 fully saturated rings. The van der Waals surface area contributed by atoms with Crippen LogP contribution >= 0.6 is 0 Å². The van der Waals surface area contributed by atoms with Crippen molar-refractivity contribution in [2.75, 3.05) is 0 Å². The number of hydrogen-bond donors (Lipinski definition) is 0. The van der Waals surface area contributed by atoms with Gasteiger partial charge in [0.15, 0.2) is 0 Å². The van der Waals surface area contributed by atoms with Crippen molar-refractivity contribution in [3.05, 3.63) is 0 Å². The summed E-state index contributed by atoms with van der Waals surface area (Å²) in [6.07, 6.45) is 0. The van der Waals surface area contributed by atoms with E-state index in [1.807, 2.05) is 0 Å². The second-order valence-corrected chi connectivity index (χ2v) is 0. The molecule has 0 N–H and O–H groups in total. The predicted octanol–water partition coefficient (Wildman–Crippen LogP) is -0.00500. The zero-order chi connectivity index (χ0) is 0. The minimum Gasteiger partial charge on any atom is 0 e. The standard InChI is InChI=1S/2Ir.3La. The molecule has 0 aromatic rings.